The van der Waals surface area contributed by atoms with E-state index in [1.807, 2.05) is 17.0 Å². The van der Waals surface area contributed by atoms with Crippen molar-refractivity contribution in [2.45, 2.75) is 57.2 Å². The number of carbonyl (C=O) groups excluding carboxylic acids is 1. The number of nitrogens with zero attached hydrogens (tertiary/aromatic N) is 1. The van der Waals surface area contributed by atoms with Crippen molar-refractivity contribution in [2.75, 3.05) is 13.2 Å². The van der Waals surface area contributed by atoms with E-state index in [0.29, 0.717) is 24.5 Å². The van der Waals surface area contributed by atoms with Gasteiger partial charge in [0.1, 0.15) is 5.75 Å². The molecule has 2 aliphatic carbocycles. The second kappa shape index (κ2) is 7.24. The molecule has 0 bridgehead atoms. The van der Waals surface area contributed by atoms with Crippen molar-refractivity contribution in [1.29, 1.82) is 0 Å². The number of nitrogens with one attached hydrogen (secondary N) is 1. The van der Waals surface area contributed by atoms with Crippen molar-refractivity contribution in [1.82, 2.24) is 10.2 Å². The summed E-state index contributed by atoms with van der Waals surface area (Å²) in [6, 6.07) is 7.45. The lowest BCUT2D eigenvalue weighted by molar-refractivity contribution is 0.0536. The highest BCUT2D eigenvalue weighted by molar-refractivity contribution is 5.74. The molecule has 1 aromatic carbocycles. The van der Waals surface area contributed by atoms with Crippen LogP contribution in [0, 0.1) is 11.8 Å². The Morgan fingerprint density at radius 1 is 1.16 bits per heavy atom. The maximum atomic E-state index is 13.0. The highest BCUT2D eigenvalue weighted by atomic mass is 16.5. The number of phenolic OH excluding ortho intramolecular Hbond substituents is 1. The monoisotopic (exact) mass is 344 g/mol. The van der Waals surface area contributed by atoms with E-state index in [-0.39, 0.29) is 17.8 Å². The molecule has 2 amide bonds. The minimum atomic E-state index is 0.0533. The summed E-state index contributed by atoms with van der Waals surface area (Å²) in [5.74, 6) is 1.39. The smallest absolute Gasteiger partial charge is 0.317 e. The SMILES string of the molecule is O=C(N[C@@H]1CCC[C@@H]2OCC[C@H]21)N(Cc1ccc(O)cc1)CC1CC1. The van der Waals surface area contributed by atoms with Crippen LogP contribution in [0.15, 0.2) is 24.3 Å². The highest BCUT2D eigenvalue weighted by Crippen LogP contribution is 2.35. The maximum Gasteiger partial charge on any atom is 0.317 e. The molecule has 2 saturated carbocycles. The molecule has 1 aromatic rings. The molecule has 0 aromatic heterocycles. The van der Waals surface area contributed by atoms with E-state index < -0.39 is 0 Å². The van der Waals surface area contributed by atoms with Gasteiger partial charge >= 0.3 is 6.03 Å². The standard InChI is InChI=1S/C20H28N2O3/c23-16-8-6-15(7-9-16)13-22(12-14-4-5-14)20(24)21-18-2-1-3-19-17(18)10-11-25-19/h6-9,14,17-19,23H,1-5,10-13H2,(H,21,24)/t17-,18+,19-/m0/s1. The Morgan fingerprint density at radius 2 is 1.96 bits per heavy atom. The first-order chi connectivity index (χ1) is 12.2. The van der Waals surface area contributed by atoms with Crippen molar-refractivity contribution in [3.63, 3.8) is 0 Å². The summed E-state index contributed by atoms with van der Waals surface area (Å²) < 4.78 is 5.82. The van der Waals surface area contributed by atoms with Gasteiger partial charge in [-0.1, -0.05) is 12.1 Å². The van der Waals surface area contributed by atoms with E-state index >= 15 is 0 Å². The zero-order chi connectivity index (χ0) is 17.2. The summed E-state index contributed by atoms with van der Waals surface area (Å²) >= 11 is 0. The van der Waals surface area contributed by atoms with Crippen molar-refractivity contribution in [3.8, 4) is 5.75 Å². The van der Waals surface area contributed by atoms with Crippen molar-refractivity contribution in [2.24, 2.45) is 11.8 Å². The molecule has 0 radical (unpaired) electrons. The molecule has 3 aliphatic rings. The van der Waals surface area contributed by atoms with Gasteiger partial charge in [-0.3, -0.25) is 0 Å². The molecule has 3 atom stereocenters. The molecule has 5 nitrogen and oxygen atoms in total. The molecule has 4 rings (SSSR count). The lowest BCUT2D eigenvalue weighted by Crippen LogP contribution is -2.50. The summed E-state index contributed by atoms with van der Waals surface area (Å²) in [6.07, 6.45) is 7.18. The van der Waals surface area contributed by atoms with Crippen molar-refractivity contribution < 1.29 is 14.6 Å². The average molecular weight is 344 g/mol. The van der Waals surface area contributed by atoms with Gasteiger partial charge in [-0.2, -0.15) is 0 Å². The fourth-order valence-corrected chi connectivity index (χ4v) is 4.26. The molecule has 136 valence electrons. The quantitative estimate of drug-likeness (QED) is 0.862. The predicted molar refractivity (Wildman–Crippen MR) is 95.3 cm³/mol. The van der Waals surface area contributed by atoms with Crippen LogP contribution in [0.25, 0.3) is 0 Å². The van der Waals surface area contributed by atoms with Crippen LogP contribution in [0.3, 0.4) is 0 Å². The minimum Gasteiger partial charge on any atom is -0.508 e. The fraction of sp³-hybridized carbons (Fsp3) is 0.650. The molecular formula is C20H28N2O3. The number of ether oxygens (including phenoxy) is 1. The van der Waals surface area contributed by atoms with Crippen LogP contribution >= 0.6 is 0 Å². The summed E-state index contributed by atoms with van der Waals surface area (Å²) in [7, 11) is 0. The zero-order valence-corrected chi connectivity index (χ0v) is 14.7. The van der Waals surface area contributed by atoms with Gasteiger partial charge in [-0.25, -0.2) is 4.79 Å². The molecular weight excluding hydrogens is 316 g/mol. The number of phenols is 1. The summed E-state index contributed by atoms with van der Waals surface area (Å²) in [6.45, 7) is 2.25. The van der Waals surface area contributed by atoms with Gasteiger partial charge in [0, 0.05) is 31.7 Å². The van der Waals surface area contributed by atoms with Crippen molar-refractivity contribution in [3.05, 3.63) is 29.8 Å². The van der Waals surface area contributed by atoms with Crippen LogP contribution in [0.1, 0.15) is 44.1 Å². The second-order valence-electron chi connectivity index (χ2n) is 7.84. The number of benzene rings is 1. The molecule has 5 heteroatoms. The average Bonchev–Trinajstić information content (AvgIpc) is 3.29. The topological polar surface area (TPSA) is 61.8 Å². The minimum absolute atomic E-state index is 0.0533. The fourth-order valence-electron chi connectivity index (χ4n) is 4.26. The third-order valence-electron chi connectivity index (χ3n) is 5.86. The Bertz CT molecular complexity index is 599. The Kier molecular flexibility index (Phi) is 4.84. The number of amides is 2. The van der Waals surface area contributed by atoms with E-state index in [2.05, 4.69) is 5.32 Å². The van der Waals surface area contributed by atoms with Crippen LogP contribution < -0.4 is 5.32 Å². The molecule has 0 unspecified atom stereocenters. The van der Waals surface area contributed by atoms with E-state index in [1.165, 1.54) is 12.8 Å². The van der Waals surface area contributed by atoms with Gasteiger partial charge < -0.3 is 20.1 Å². The number of hydrogen-bond donors (Lipinski definition) is 2. The van der Waals surface area contributed by atoms with Gasteiger partial charge in [-0.05, 0) is 62.1 Å². The third kappa shape index (κ3) is 4.09. The lowest BCUT2D eigenvalue weighted by Gasteiger charge is -2.35. The first-order valence-corrected chi connectivity index (χ1v) is 9.64. The van der Waals surface area contributed by atoms with Crippen LogP contribution in [-0.2, 0) is 11.3 Å². The van der Waals surface area contributed by atoms with Crippen LogP contribution in [-0.4, -0.2) is 41.3 Å². The van der Waals surface area contributed by atoms with Crippen LogP contribution in [0.4, 0.5) is 4.79 Å². The number of rotatable bonds is 5. The molecule has 3 fully saturated rings. The van der Waals surface area contributed by atoms with Gasteiger partial charge in [0.25, 0.3) is 0 Å². The Morgan fingerprint density at radius 3 is 2.72 bits per heavy atom. The summed E-state index contributed by atoms with van der Waals surface area (Å²) in [5, 5.41) is 12.8. The van der Waals surface area contributed by atoms with Gasteiger partial charge in [0.15, 0.2) is 0 Å². The third-order valence-corrected chi connectivity index (χ3v) is 5.86. The Hall–Kier alpha value is -1.75. The van der Waals surface area contributed by atoms with E-state index in [9.17, 15) is 9.90 Å². The summed E-state index contributed by atoms with van der Waals surface area (Å²) in [4.78, 5) is 14.9. The second-order valence-corrected chi connectivity index (χ2v) is 7.84. The Balaban J connectivity index is 1.41. The molecule has 1 heterocycles. The highest BCUT2D eigenvalue weighted by Gasteiger charge is 2.39. The zero-order valence-electron chi connectivity index (χ0n) is 14.7. The largest absolute Gasteiger partial charge is 0.508 e. The maximum absolute atomic E-state index is 13.0. The lowest BCUT2D eigenvalue weighted by atomic mass is 9.82. The molecule has 1 saturated heterocycles. The molecule has 2 N–H and O–H groups in total. The van der Waals surface area contributed by atoms with Crippen LogP contribution in [0.2, 0.25) is 0 Å². The van der Waals surface area contributed by atoms with Gasteiger partial charge in [-0.15, -0.1) is 0 Å². The Labute approximate surface area is 149 Å². The first-order valence-electron chi connectivity index (χ1n) is 9.64. The first kappa shape index (κ1) is 16.7. The van der Waals surface area contributed by atoms with E-state index in [0.717, 1.165) is 44.4 Å². The number of carbonyl (C=O) groups is 1. The molecule has 1 aliphatic heterocycles. The summed E-state index contributed by atoms with van der Waals surface area (Å²) in [5.41, 5.74) is 1.05. The van der Waals surface area contributed by atoms with E-state index in [4.69, 9.17) is 4.74 Å². The molecule has 25 heavy (non-hydrogen) atoms. The van der Waals surface area contributed by atoms with Crippen LogP contribution in [0.5, 0.6) is 5.75 Å². The van der Waals surface area contributed by atoms with Gasteiger partial charge in [0.2, 0.25) is 0 Å². The number of aromatic hydroxyl groups is 1. The van der Waals surface area contributed by atoms with Gasteiger partial charge in [0.05, 0.1) is 6.10 Å². The number of fused-ring (bicyclic) bond motifs is 1. The number of hydrogen-bond acceptors (Lipinski definition) is 3. The number of urea groups is 1. The normalized spacial score (nSPS) is 28.4. The molecule has 0 spiro atoms. The van der Waals surface area contributed by atoms with E-state index in [1.54, 1.807) is 12.1 Å². The predicted octanol–water partition coefficient (Wildman–Crippen LogP) is 3.27. The van der Waals surface area contributed by atoms with Crippen molar-refractivity contribution >= 4 is 6.03 Å².